The van der Waals surface area contributed by atoms with Crippen LogP contribution in [0, 0.1) is 0 Å². The molecule has 0 amide bonds. The quantitative estimate of drug-likeness (QED) is 0.181. The van der Waals surface area contributed by atoms with Crippen molar-refractivity contribution >= 4 is 43.6 Å². The summed E-state index contributed by atoms with van der Waals surface area (Å²) in [5.41, 5.74) is 15.6. The lowest BCUT2D eigenvalue weighted by molar-refractivity contribution is 0.501. The Balaban J connectivity index is 0.969. The summed E-state index contributed by atoms with van der Waals surface area (Å²) in [6.07, 6.45) is 10.9. The molecule has 2 unspecified atom stereocenters. The SMILES string of the molecule is CC12C=CC=CC1c1ccccc1-c1ncc(-c3ccc(-n4c5ccccc5c5ccc(-c6ccc7c(c6)c6ccccc6n7-c6ccccc6)cc54)cc3)nc12. The van der Waals surface area contributed by atoms with Crippen molar-refractivity contribution in [3.63, 3.8) is 0 Å². The highest BCUT2D eigenvalue weighted by molar-refractivity contribution is 6.12. The van der Waals surface area contributed by atoms with Crippen molar-refractivity contribution in [3.8, 4) is 45.0 Å². The minimum absolute atomic E-state index is 0.218. The summed E-state index contributed by atoms with van der Waals surface area (Å²) in [7, 11) is 0. The van der Waals surface area contributed by atoms with Crippen LogP contribution >= 0.6 is 0 Å². The van der Waals surface area contributed by atoms with Crippen LogP contribution in [0.2, 0.25) is 0 Å². The average molecular weight is 729 g/mol. The molecular formula is C53H36N4. The van der Waals surface area contributed by atoms with E-state index < -0.39 is 0 Å². The van der Waals surface area contributed by atoms with Crippen molar-refractivity contribution in [3.05, 3.63) is 206 Å². The molecule has 2 aliphatic rings. The van der Waals surface area contributed by atoms with Gasteiger partial charge in [0, 0.05) is 55.4 Å². The highest BCUT2D eigenvalue weighted by Crippen LogP contribution is 2.52. The van der Waals surface area contributed by atoms with Gasteiger partial charge in [-0.2, -0.15) is 0 Å². The molecule has 2 aliphatic carbocycles. The Morgan fingerprint density at radius 1 is 0.509 bits per heavy atom. The molecule has 268 valence electrons. The van der Waals surface area contributed by atoms with E-state index in [1.165, 1.54) is 71.6 Å². The normalized spacial score (nSPS) is 17.0. The number of hydrogen-bond acceptors (Lipinski definition) is 2. The van der Waals surface area contributed by atoms with Gasteiger partial charge in [-0.05, 0) is 78.2 Å². The predicted octanol–water partition coefficient (Wildman–Crippen LogP) is 13.2. The second-order valence-electron chi connectivity index (χ2n) is 15.6. The van der Waals surface area contributed by atoms with Crippen LogP contribution in [0.1, 0.15) is 24.1 Å². The van der Waals surface area contributed by atoms with E-state index in [-0.39, 0.29) is 11.3 Å². The van der Waals surface area contributed by atoms with Crippen molar-refractivity contribution in [1.29, 1.82) is 0 Å². The van der Waals surface area contributed by atoms with E-state index >= 15 is 0 Å². The maximum atomic E-state index is 5.38. The van der Waals surface area contributed by atoms with E-state index in [1.54, 1.807) is 0 Å². The van der Waals surface area contributed by atoms with Gasteiger partial charge in [-0.25, -0.2) is 4.98 Å². The van der Waals surface area contributed by atoms with E-state index in [1.807, 2.05) is 6.20 Å². The predicted molar refractivity (Wildman–Crippen MR) is 235 cm³/mol. The van der Waals surface area contributed by atoms with Crippen molar-refractivity contribution < 1.29 is 0 Å². The molecule has 0 N–H and O–H groups in total. The second kappa shape index (κ2) is 12.1. The number of hydrogen-bond donors (Lipinski definition) is 0. The lowest BCUT2D eigenvalue weighted by atomic mass is 9.63. The lowest BCUT2D eigenvalue weighted by Crippen LogP contribution is -2.34. The summed E-state index contributed by atoms with van der Waals surface area (Å²) in [6, 6.07) is 59.4. The van der Waals surface area contributed by atoms with Gasteiger partial charge in [0.25, 0.3) is 0 Å². The molecule has 10 aromatic rings. The monoisotopic (exact) mass is 728 g/mol. The van der Waals surface area contributed by atoms with Crippen LogP contribution in [-0.4, -0.2) is 19.1 Å². The Morgan fingerprint density at radius 2 is 1.12 bits per heavy atom. The van der Waals surface area contributed by atoms with Crippen LogP contribution in [0.5, 0.6) is 0 Å². The fourth-order valence-corrected chi connectivity index (χ4v) is 9.69. The molecule has 4 heteroatoms. The van der Waals surface area contributed by atoms with Crippen molar-refractivity contribution in [2.24, 2.45) is 0 Å². The molecule has 0 spiro atoms. The minimum Gasteiger partial charge on any atom is -0.309 e. The van der Waals surface area contributed by atoms with E-state index in [4.69, 9.17) is 9.97 Å². The van der Waals surface area contributed by atoms with Gasteiger partial charge in [0.2, 0.25) is 0 Å². The number of fused-ring (bicyclic) bond motifs is 12. The topological polar surface area (TPSA) is 35.6 Å². The zero-order valence-electron chi connectivity index (χ0n) is 31.3. The van der Waals surface area contributed by atoms with Crippen molar-refractivity contribution in [1.82, 2.24) is 19.1 Å². The van der Waals surface area contributed by atoms with Crippen LogP contribution in [0.15, 0.2) is 194 Å². The van der Waals surface area contributed by atoms with E-state index in [9.17, 15) is 0 Å². The second-order valence-corrected chi connectivity index (χ2v) is 15.6. The minimum atomic E-state index is -0.272. The van der Waals surface area contributed by atoms with Gasteiger partial charge in [0.15, 0.2) is 0 Å². The molecule has 4 nitrogen and oxygen atoms in total. The highest BCUT2D eigenvalue weighted by Gasteiger charge is 2.43. The summed E-state index contributed by atoms with van der Waals surface area (Å²) >= 11 is 0. The highest BCUT2D eigenvalue weighted by atomic mass is 15.0. The number of nitrogens with zero attached hydrogens (tertiary/aromatic N) is 4. The van der Waals surface area contributed by atoms with Gasteiger partial charge in [0.1, 0.15) is 0 Å². The van der Waals surface area contributed by atoms with Gasteiger partial charge in [-0.3, -0.25) is 4.98 Å². The van der Waals surface area contributed by atoms with Gasteiger partial charge in [-0.15, -0.1) is 0 Å². The Bertz CT molecular complexity index is 3310. The third kappa shape index (κ3) is 4.68. The van der Waals surface area contributed by atoms with Crippen LogP contribution < -0.4 is 0 Å². The molecule has 7 aromatic carbocycles. The molecule has 0 bridgehead atoms. The zero-order valence-corrected chi connectivity index (χ0v) is 31.3. The molecule has 0 saturated carbocycles. The molecule has 12 rings (SSSR count). The van der Waals surface area contributed by atoms with Crippen LogP contribution in [0.4, 0.5) is 0 Å². The molecular weight excluding hydrogens is 693 g/mol. The first-order valence-corrected chi connectivity index (χ1v) is 19.7. The third-order valence-electron chi connectivity index (χ3n) is 12.5. The Morgan fingerprint density at radius 3 is 1.95 bits per heavy atom. The largest absolute Gasteiger partial charge is 0.309 e. The Labute approximate surface area is 330 Å². The van der Waals surface area contributed by atoms with Crippen LogP contribution in [0.25, 0.3) is 88.6 Å². The molecule has 57 heavy (non-hydrogen) atoms. The van der Waals surface area contributed by atoms with Gasteiger partial charge in [-0.1, -0.05) is 133 Å². The molecule has 0 aliphatic heterocycles. The van der Waals surface area contributed by atoms with Gasteiger partial charge in [0.05, 0.1) is 45.3 Å². The maximum absolute atomic E-state index is 5.38. The number of para-hydroxylation sites is 3. The molecule has 0 saturated heterocycles. The summed E-state index contributed by atoms with van der Waals surface area (Å²) in [5, 5.41) is 4.97. The number of rotatable bonds is 4. The first-order chi connectivity index (χ1) is 28.1. The van der Waals surface area contributed by atoms with Crippen LogP contribution in [-0.2, 0) is 5.41 Å². The standard InChI is InChI=1S/C53H36N4/c1-53-30-12-11-19-45(53)39-15-5-6-18-43(39)51-52(53)55-46(33-54-51)34-22-26-38(27-23-34)57-47-20-9-7-16-40(47)42-28-24-36(32-50(42)57)35-25-29-49-44(31-35)41-17-8-10-21-48(41)56(49)37-13-3-2-4-14-37/h2-33,45H,1H3. The summed E-state index contributed by atoms with van der Waals surface area (Å²) in [6.45, 7) is 2.30. The number of allylic oxidation sites excluding steroid dienone is 4. The van der Waals surface area contributed by atoms with Crippen molar-refractivity contribution in [2.75, 3.05) is 0 Å². The van der Waals surface area contributed by atoms with Crippen molar-refractivity contribution in [2.45, 2.75) is 18.3 Å². The molecule has 2 atom stereocenters. The first-order valence-electron chi connectivity index (χ1n) is 19.7. The number of aromatic nitrogens is 4. The first kappa shape index (κ1) is 32.0. The fourth-order valence-electron chi connectivity index (χ4n) is 9.69. The van der Waals surface area contributed by atoms with E-state index in [0.717, 1.165) is 28.3 Å². The third-order valence-corrected chi connectivity index (χ3v) is 12.5. The Kier molecular flexibility index (Phi) is 6.79. The smallest absolute Gasteiger partial charge is 0.0930 e. The van der Waals surface area contributed by atoms with Gasteiger partial charge < -0.3 is 9.13 Å². The average Bonchev–Trinajstić information content (AvgIpc) is 3.79. The molecule has 3 aromatic heterocycles. The summed E-state index contributed by atoms with van der Waals surface area (Å²) < 4.78 is 4.77. The Hall–Kier alpha value is -7.30. The van der Waals surface area contributed by atoms with E-state index in [2.05, 4.69) is 204 Å². The van der Waals surface area contributed by atoms with E-state index in [0.29, 0.717) is 0 Å². The zero-order chi connectivity index (χ0) is 37.7. The van der Waals surface area contributed by atoms with Crippen LogP contribution in [0.3, 0.4) is 0 Å². The van der Waals surface area contributed by atoms with Gasteiger partial charge >= 0.3 is 0 Å². The molecule has 3 heterocycles. The maximum Gasteiger partial charge on any atom is 0.0930 e. The molecule has 0 fully saturated rings. The number of benzene rings is 7. The fraction of sp³-hybridized carbons (Fsp3) is 0.0566. The summed E-state index contributed by atoms with van der Waals surface area (Å²) in [4.78, 5) is 10.5. The summed E-state index contributed by atoms with van der Waals surface area (Å²) in [5.74, 6) is 0.218. The molecule has 0 radical (unpaired) electrons. The lowest BCUT2D eigenvalue weighted by Gasteiger charge is -2.40.